The SMILES string of the molecule is C=Cc1ccc(-c2ccc([N+](=O)[O-])cc2C)o1. The minimum atomic E-state index is -0.409. The highest BCUT2D eigenvalue weighted by atomic mass is 16.6. The van der Waals surface area contributed by atoms with Crippen LogP contribution in [0.15, 0.2) is 41.3 Å². The number of nitrogens with zero attached hydrogens (tertiary/aromatic N) is 1. The van der Waals surface area contributed by atoms with Crippen LogP contribution < -0.4 is 0 Å². The lowest BCUT2D eigenvalue weighted by atomic mass is 10.1. The lowest BCUT2D eigenvalue weighted by Gasteiger charge is -2.02. The predicted molar refractivity (Wildman–Crippen MR) is 65.6 cm³/mol. The van der Waals surface area contributed by atoms with Crippen LogP contribution in [0.4, 0.5) is 5.69 Å². The number of rotatable bonds is 3. The van der Waals surface area contributed by atoms with E-state index in [-0.39, 0.29) is 5.69 Å². The van der Waals surface area contributed by atoms with Crippen molar-refractivity contribution >= 4 is 11.8 Å². The fourth-order valence-electron chi connectivity index (χ4n) is 1.65. The monoisotopic (exact) mass is 229 g/mol. The average Bonchev–Trinajstić information content (AvgIpc) is 2.77. The number of nitro groups is 1. The third-order valence-electron chi connectivity index (χ3n) is 2.51. The van der Waals surface area contributed by atoms with Crippen molar-refractivity contribution in [2.45, 2.75) is 6.92 Å². The van der Waals surface area contributed by atoms with Gasteiger partial charge in [-0.25, -0.2) is 0 Å². The Balaban J connectivity index is 2.46. The second kappa shape index (κ2) is 4.25. The first-order valence-electron chi connectivity index (χ1n) is 5.09. The summed E-state index contributed by atoms with van der Waals surface area (Å²) in [6, 6.07) is 8.33. The van der Waals surface area contributed by atoms with Crippen LogP contribution in [0.3, 0.4) is 0 Å². The summed E-state index contributed by atoms with van der Waals surface area (Å²) >= 11 is 0. The summed E-state index contributed by atoms with van der Waals surface area (Å²) in [6.07, 6.45) is 1.62. The van der Waals surface area contributed by atoms with Gasteiger partial charge >= 0.3 is 0 Å². The van der Waals surface area contributed by atoms with E-state index in [1.807, 2.05) is 19.1 Å². The van der Waals surface area contributed by atoms with Gasteiger partial charge in [-0.15, -0.1) is 0 Å². The number of hydrogen-bond acceptors (Lipinski definition) is 3. The minimum absolute atomic E-state index is 0.0850. The molecule has 4 heteroatoms. The van der Waals surface area contributed by atoms with E-state index in [4.69, 9.17) is 4.42 Å². The molecule has 17 heavy (non-hydrogen) atoms. The second-order valence-corrected chi connectivity index (χ2v) is 3.66. The highest BCUT2D eigenvalue weighted by Crippen LogP contribution is 2.28. The molecule has 0 atom stereocenters. The second-order valence-electron chi connectivity index (χ2n) is 3.66. The van der Waals surface area contributed by atoms with E-state index in [2.05, 4.69) is 6.58 Å². The molecule has 0 saturated heterocycles. The molecule has 0 unspecified atom stereocenters. The molecular weight excluding hydrogens is 218 g/mol. The molecule has 86 valence electrons. The molecule has 2 aromatic rings. The minimum Gasteiger partial charge on any atom is -0.457 e. The topological polar surface area (TPSA) is 56.3 Å². The highest BCUT2D eigenvalue weighted by molar-refractivity contribution is 5.65. The molecule has 0 saturated carbocycles. The normalized spacial score (nSPS) is 10.2. The van der Waals surface area contributed by atoms with E-state index >= 15 is 0 Å². The lowest BCUT2D eigenvalue weighted by molar-refractivity contribution is -0.384. The van der Waals surface area contributed by atoms with Gasteiger partial charge in [-0.1, -0.05) is 6.58 Å². The number of benzene rings is 1. The van der Waals surface area contributed by atoms with Gasteiger partial charge in [0.15, 0.2) is 0 Å². The van der Waals surface area contributed by atoms with Gasteiger partial charge in [-0.05, 0) is 36.8 Å². The number of hydrogen-bond donors (Lipinski definition) is 0. The van der Waals surface area contributed by atoms with Crippen LogP contribution in [-0.2, 0) is 0 Å². The molecule has 0 N–H and O–H groups in total. The summed E-state index contributed by atoms with van der Waals surface area (Å²) in [5.74, 6) is 1.37. The van der Waals surface area contributed by atoms with E-state index in [1.54, 1.807) is 12.1 Å². The first-order valence-corrected chi connectivity index (χ1v) is 5.09. The van der Waals surface area contributed by atoms with Crippen molar-refractivity contribution < 1.29 is 9.34 Å². The van der Waals surface area contributed by atoms with Gasteiger partial charge in [0, 0.05) is 17.7 Å². The molecular formula is C13H11NO3. The van der Waals surface area contributed by atoms with Crippen molar-refractivity contribution in [2.75, 3.05) is 0 Å². The van der Waals surface area contributed by atoms with Crippen LogP contribution in [0.1, 0.15) is 11.3 Å². The van der Waals surface area contributed by atoms with Crippen molar-refractivity contribution in [2.24, 2.45) is 0 Å². The molecule has 0 aliphatic carbocycles. The highest BCUT2D eigenvalue weighted by Gasteiger charge is 2.11. The molecule has 1 heterocycles. The summed E-state index contributed by atoms with van der Waals surface area (Å²) < 4.78 is 5.51. The van der Waals surface area contributed by atoms with E-state index in [0.29, 0.717) is 11.5 Å². The Morgan fingerprint density at radius 3 is 2.65 bits per heavy atom. The maximum atomic E-state index is 10.6. The zero-order valence-corrected chi connectivity index (χ0v) is 9.34. The fourth-order valence-corrected chi connectivity index (χ4v) is 1.65. The summed E-state index contributed by atoms with van der Waals surface area (Å²) in [7, 11) is 0. The summed E-state index contributed by atoms with van der Waals surface area (Å²) in [5.41, 5.74) is 1.75. The first kappa shape index (κ1) is 11.1. The molecule has 2 rings (SSSR count). The van der Waals surface area contributed by atoms with Crippen LogP contribution in [0.2, 0.25) is 0 Å². The molecule has 0 bridgehead atoms. The summed E-state index contributed by atoms with van der Waals surface area (Å²) in [6.45, 7) is 5.43. The van der Waals surface area contributed by atoms with Crippen molar-refractivity contribution in [1.82, 2.24) is 0 Å². The Labute approximate surface area is 98.3 Å². The van der Waals surface area contributed by atoms with Gasteiger partial charge in [-0.2, -0.15) is 0 Å². The molecule has 0 aliphatic heterocycles. The van der Waals surface area contributed by atoms with Crippen molar-refractivity contribution in [3.8, 4) is 11.3 Å². The van der Waals surface area contributed by atoms with Crippen LogP contribution in [0.5, 0.6) is 0 Å². The van der Waals surface area contributed by atoms with E-state index in [1.165, 1.54) is 12.1 Å². The quantitative estimate of drug-likeness (QED) is 0.594. The number of nitro benzene ring substituents is 1. The number of furan rings is 1. The fraction of sp³-hybridized carbons (Fsp3) is 0.0769. The van der Waals surface area contributed by atoms with Gasteiger partial charge in [0.1, 0.15) is 11.5 Å². The van der Waals surface area contributed by atoms with E-state index in [0.717, 1.165) is 11.1 Å². The Morgan fingerprint density at radius 1 is 1.35 bits per heavy atom. The van der Waals surface area contributed by atoms with Crippen LogP contribution in [0, 0.1) is 17.0 Å². The molecule has 0 aliphatic rings. The standard InChI is InChI=1S/C13H11NO3/c1-3-11-5-7-13(17-11)12-6-4-10(14(15)16)8-9(12)2/h3-8H,1H2,2H3. The molecule has 0 fully saturated rings. The van der Waals surface area contributed by atoms with Gasteiger partial charge in [0.25, 0.3) is 5.69 Å². The Hall–Kier alpha value is -2.36. The van der Waals surface area contributed by atoms with Crippen LogP contribution >= 0.6 is 0 Å². The van der Waals surface area contributed by atoms with Gasteiger partial charge in [0.2, 0.25) is 0 Å². The van der Waals surface area contributed by atoms with Gasteiger partial charge in [-0.3, -0.25) is 10.1 Å². The van der Waals surface area contributed by atoms with E-state index in [9.17, 15) is 10.1 Å². The maximum Gasteiger partial charge on any atom is 0.269 e. The summed E-state index contributed by atoms with van der Waals surface area (Å²) in [5, 5.41) is 10.6. The third-order valence-corrected chi connectivity index (χ3v) is 2.51. The molecule has 0 amide bonds. The Morgan fingerprint density at radius 2 is 2.12 bits per heavy atom. The molecule has 0 radical (unpaired) electrons. The van der Waals surface area contributed by atoms with Gasteiger partial charge in [0.05, 0.1) is 4.92 Å². The largest absolute Gasteiger partial charge is 0.457 e. The first-order chi connectivity index (χ1) is 8.11. The maximum absolute atomic E-state index is 10.6. The zero-order chi connectivity index (χ0) is 12.4. The van der Waals surface area contributed by atoms with Crippen molar-refractivity contribution in [3.05, 3.63) is 58.3 Å². The third kappa shape index (κ3) is 2.10. The molecule has 4 nitrogen and oxygen atoms in total. The molecule has 0 spiro atoms. The number of aryl methyl sites for hydroxylation is 1. The van der Waals surface area contributed by atoms with Crippen LogP contribution in [-0.4, -0.2) is 4.92 Å². The average molecular weight is 229 g/mol. The summed E-state index contributed by atoms with van der Waals surface area (Å²) in [4.78, 5) is 10.2. The lowest BCUT2D eigenvalue weighted by Crippen LogP contribution is -1.89. The number of non-ortho nitro benzene ring substituents is 1. The Kier molecular flexibility index (Phi) is 2.78. The smallest absolute Gasteiger partial charge is 0.269 e. The molecule has 1 aromatic heterocycles. The van der Waals surface area contributed by atoms with Crippen molar-refractivity contribution in [1.29, 1.82) is 0 Å². The van der Waals surface area contributed by atoms with Crippen molar-refractivity contribution in [3.63, 3.8) is 0 Å². The van der Waals surface area contributed by atoms with Gasteiger partial charge < -0.3 is 4.42 Å². The van der Waals surface area contributed by atoms with E-state index < -0.39 is 4.92 Å². The predicted octanol–water partition coefficient (Wildman–Crippen LogP) is 3.81. The Bertz CT molecular complexity index is 584. The van der Waals surface area contributed by atoms with Crippen LogP contribution in [0.25, 0.3) is 17.4 Å². The molecule has 1 aromatic carbocycles. The zero-order valence-electron chi connectivity index (χ0n) is 9.34.